The molecule has 3 heterocycles. The summed E-state index contributed by atoms with van der Waals surface area (Å²) >= 11 is 0. The van der Waals surface area contributed by atoms with Crippen LogP contribution in [0.2, 0.25) is 0 Å². The monoisotopic (exact) mass is 459 g/mol. The van der Waals surface area contributed by atoms with Gasteiger partial charge in [-0.3, -0.25) is 4.98 Å². The average molecular weight is 460 g/mol. The summed E-state index contributed by atoms with van der Waals surface area (Å²) in [6.45, 7) is 3.82. The summed E-state index contributed by atoms with van der Waals surface area (Å²) in [4.78, 5) is 9.19. The van der Waals surface area contributed by atoms with Crippen LogP contribution in [-0.4, -0.2) is 53.3 Å². The van der Waals surface area contributed by atoms with Crippen molar-refractivity contribution >= 4 is 28.1 Å². The van der Waals surface area contributed by atoms with Crippen molar-refractivity contribution in [3.63, 3.8) is 0 Å². The first-order valence-electron chi connectivity index (χ1n) is 10.9. The molecule has 0 aliphatic carbocycles. The summed E-state index contributed by atoms with van der Waals surface area (Å²) < 4.78 is 39.4. The molecule has 1 aliphatic rings. The van der Waals surface area contributed by atoms with E-state index in [1.807, 2.05) is 19.2 Å². The van der Waals surface area contributed by atoms with E-state index in [1.54, 1.807) is 0 Å². The number of halogens is 3. The van der Waals surface area contributed by atoms with Crippen LogP contribution < -0.4 is 16.0 Å². The Morgan fingerprint density at radius 2 is 1.85 bits per heavy atom. The van der Waals surface area contributed by atoms with Gasteiger partial charge in [0.15, 0.2) is 5.82 Å². The van der Waals surface area contributed by atoms with E-state index in [0.29, 0.717) is 28.6 Å². The number of fused-ring (bicyclic) bond motifs is 1. The average Bonchev–Trinajstić information content (AvgIpc) is 2.77. The Morgan fingerprint density at radius 1 is 1.12 bits per heavy atom. The number of alkyl halides is 3. The first-order valence-corrected chi connectivity index (χ1v) is 10.9. The summed E-state index contributed by atoms with van der Waals surface area (Å²) in [5.41, 5.74) is 7.79. The highest BCUT2D eigenvalue weighted by Crippen LogP contribution is 2.32. The fourth-order valence-corrected chi connectivity index (χ4v) is 4.26. The molecular formula is C23H28F3N7. The van der Waals surface area contributed by atoms with E-state index < -0.39 is 11.7 Å². The van der Waals surface area contributed by atoms with Crippen LogP contribution in [0.3, 0.4) is 0 Å². The second-order valence-electron chi connectivity index (χ2n) is 8.72. The zero-order valence-electron chi connectivity index (χ0n) is 18.9. The number of hydrogen-bond acceptors (Lipinski definition) is 7. The Hall–Kier alpha value is -3.14. The first-order chi connectivity index (χ1) is 15.6. The van der Waals surface area contributed by atoms with Crippen LogP contribution in [-0.2, 0) is 12.7 Å². The fraction of sp³-hybridized carbons (Fsp3) is 0.435. The number of benzene rings is 1. The van der Waals surface area contributed by atoms with Gasteiger partial charge in [-0.25, -0.2) is 0 Å². The summed E-state index contributed by atoms with van der Waals surface area (Å²) in [6, 6.07) is 6.14. The highest BCUT2D eigenvalue weighted by molar-refractivity contribution is 5.92. The molecule has 10 heteroatoms. The number of aromatic nitrogens is 3. The quantitative estimate of drug-likeness (QED) is 0.557. The van der Waals surface area contributed by atoms with Gasteiger partial charge in [0.25, 0.3) is 0 Å². The zero-order chi connectivity index (χ0) is 23.8. The van der Waals surface area contributed by atoms with Crippen molar-refractivity contribution < 1.29 is 13.2 Å². The number of anilines is 3. The van der Waals surface area contributed by atoms with Crippen LogP contribution in [0.4, 0.5) is 30.4 Å². The molecule has 1 aliphatic heterocycles. The lowest BCUT2D eigenvalue weighted by molar-refractivity contribution is -0.137. The van der Waals surface area contributed by atoms with Gasteiger partial charge < -0.3 is 20.9 Å². The Bertz CT molecular complexity index is 1140. The molecule has 0 spiro atoms. The van der Waals surface area contributed by atoms with Crippen molar-refractivity contribution in [3.05, 3.63) is 47.3 Å². The predicted molar refractivity (Wildman–Crippen MR) is 124 cm³/mol. The van der Waals surface area contributed by atoms with E-state index in [-0.39, 0.29) is 12.2 Å². The second-order valence-corrected chi connectivity index (χ2v) is 8.72. The lowest BCUT2D eigenvalue weighted by Gasteiger charge is -2.36. The molecule has 0 unspecified atom stereocenters. The molecular weight excluding hydrogens is 431 g/mol. The van der Waals surface area contributed by atoms with E-state index in [9.17, 15) is 13.2 Å². The van der Waals surface area contributed by atoms with Crippen molar-refractivity contribution in [2.24, 2.45) is 0 Å². The zero-order valence-corrected chi connectivity index (χ0v) is 18.9. The lowest BCUT2D eigenvalue weighted by Crippen LogP contribution is -2.42. The Morgan fingerprint density at radius 3 is 2.52 bits per heavy atom. The van der Waals surface area contributed by atoms with Crippen molar-refractivity contribution in [2.75, 3.05) is 43.1 Å². The highest BCUT2D eigenvalue weighted by atomic mass is 19.4. The maximum atomic E-state index is 13.1. The third-order valence-electron chi connectivity index (χ3n) is 6.13. The van der Waals surface area contributed by atoms with Gasteiger partial charge in [0.1, 0.15) is 0 Å². The molecule has 0 atom stereocenters. The minimum atomic E-state index is -4.46. The van der Waals surface area contributed by atoms with E-state index >= 15 is 0 Å². The lowest BCUT2D eigenvalue weighted by atomic mass is 10.0. The largest absolute Gasteiger partial charge is 0.416 e. The molecule has 0 amide bonds. The third-order valence-corrected chi connectivity index (χ3v) is 6.13. The van der Waals surface area contributed by atoms with Gasteiger partial charge in [-0.1, -0.05) is 0 Å². The molecule has 1 fully saturated rings. The summed E-state index contributed by atoms with van der Waals surface area (Å²) in [7, 11) is 4.21. The number of nitrogens with one attached hydrogen (secondary N) is 1. The summed E-state index contributed by atoms with van der Waals surface area (Å²) in [5.74, 6) is 0.476. The van der Waals surface area contributed by atoms with Gasteiger partial charge in [-0.05, 0) is 63.7 Å². The van der Waals surface area contributed by atoms with E-state index in [0.717, 1.165) is 49.1 Å². The van der Waals surface area contributed by atoms with Gasteiger partial charge in [-0.2, -0.15) is 18.3 Å². The molecule has 2 aromatic heterocycles. The van der Waals surface area contributed by atoms with Crippen LogP contribution in [0.25, 0.3) is 10.9 Å². The second kappa shape index (κ2) is 9.01. The Kier molecular flexibility index (Phi) is 6.29. The third kappa shape index (κ3) is 5.11. The Labute approximate surface area is 190 Å². The molecule has 1 saturated heterocycles. The van der Waals surface area contributed by atoms with Crippen molar-refractivity contribution in [1.29, 1.82) is 0 Å². The first kappa shape index (κ1) is 23.0. The predicted octanol–water partition coefficient (Wildman–Crippen LogP) is 4.08. The van der Waals surface area contributed by atoms with Crippen LogP contribution >= 0.6 is 0 Å². The normalized spacial score (nSPS) is 15.4. The van der Waals surface area contributed by atoms with Crippen LogP contribution in [0, 0.1) is 6.92 Å². The van der Waals surface area contributed by atoms with Crippen LogP contribution in [0.5, 0.6) is 0 Å². The van der Waals surface area contributed by atoms with E-state index in [1.165, 1.54) is 6.07 Å². The minimum Gasteiger partial charge on any atom is -0.399 e. The van der Waals surface area contributed by atoms with Gasteiger partial charge in [0, 0.05) is 36.7 Å². The standard InChI is InChI=1S/C23H28F3N7/c1-14-21-20(11-19(13-28-21)33-6-4-18(5-7-33)32(2)3)22(31-30-14)29-12-15-8-16(23(24,25)26)10-17(27)9-15/h8-11,13,18H,4-7,12,27H2,1-3H3,(H,29,31). The van der Waals surface area contributed by atoms with E-state index in [2.05, 4.69) is 44.4 Å². The summed E-state index contributed by atoms with van der Waals surface area (Å²) in [5, 5.41) is 12.3. The highest BCUT2D eigenvalue weighted by Gasteiger charge is 2.31. The maximum absolute atomic E-state index is 13.1. The molecule has 176 valence electrons. The van der Waals surface area contributed by atoms with Crippen molar-refractivity contribution in [2.45, 2.75) is 38.5 Å². The minimum absolute atomic E-state index is 0.0616. The molecule has 4 rings (SSSR count). The number of nitrogens with zero attached hydrogens (tertiary/aromatic N) is 5. The number of nitrogens with two attached hydrogens (primary N) is 1. The van der Waals surface area contributed by atoms with Gasteiger partial charge in [0.05, 0.1) is 28.7 Å². The molecule has 7 nitrogen and oxygen atoms in total. The van der Waals surface area contributed by atoms with Gasteiger partial charge in [0.2, 0.25) is 0 Å². The number of aryl methyl sites for hydroxylation is 1. The van der Waals surface area contributed by atoms with Gasteiger partial charge >= 0.3 is 6.18 Å². The van der Waals surface area contributed by atoms with E-state index in [4.69, 9.17) is 5.73 Å². The molecule has 0 bridgehead atoms. The molecule has 0 saturated carbocycles. The smallest absolute Gasteiger partial charge is 0.399 e. The number of pyridine rings is 1. The number of rotatable bonds is 5. The molecule has 3 N–H and O–H groups in total. The maximum Gasteiger partial charge on any atom is 0.416 e. The SMILES string of the molecule is Cc1nnc(NCc2cc(N)cc(C(F)(F)F)c2)c2cc(N3CCC(N(C)C)CC3)cnc12. The number of hydrogen-bond donors (Lipinski definition) is 2. The topological polar surface area (TPSA) is 83.2 Å². The summed E-state index contributed by atoms with van der Waals surface area (Å²) in [6.07, 6.45) is -0.467. The fourth-order valence-electron chi connectivity index (χ4n) is 4.26. The van der Waals surface area contributed by atoms with Crippen LogP contribution in [0.1, 0.15) is 29.7 Å². The Balaban J connectivity index is 1.59. The van der Waals surface area contributed by atoms with Crippen LogP contribution in [0.15, 0.2) is 30.5 Å². The van der Waals surface area contributed by atoms with Gasteiger partial charge in [-0.15, -0.1) is 5.10 Å². The molecule has 0 radical (unpaired) electrons. The van der Waals surface area contributed by atoms with Crippen molar-refractivity contribution in [1.82, 2.24) is 20.1 Å². The molecule has 1 aromatic carbocycles. The number of nitrogen functional groups attached to an aromatic ring is 1. The molecule has 33 heavy (non-hydrogen) atoms. The van der Waals surface area contributed by atoms with Crippen molar-refractivity contribution in [3.8, 4) is 0 Å². The molecule has 3 aromatic rings. The number of piperidine rings is 1.